The van der Waals surface area contributed by atoms with Crippen molar-refractivity contribution in [2.24, 2.45) is 4.99 Å². The average Bonchev–Trinajstić information content (AvgIpc) is 2.90. The predicted molar refractivity (Wildman–Crippen MR) is 76.6 cm³/mol. The molecule has 0 fully saturated rings. The molecule has 2 aliphatic heterocycles. The number of aromatic nitrogens is 1. The molecule has 0 radical (unpaired) electrons. The molecule has 0 saturated carbocycles. The van der Waals surface area contributed by atoms with Crippen molar-refractivity contribution in [1.82, 2.24) is 15.0 Å². The highest BCUT2D eigenvalue weighted by atomic mass is 19.4. The highest BCUT2D eigenvalue weighted by Gasteiger charge is 2.45. The van der Waals surface area contributed by atoms with Gasteiger partial charge in [0.1, 0.15) is 17.7 Å². The molecule has 1 unspecified atom stereocenters. The van der Waals surface area contributed by atoms with Gasteiger partial charge in [0.2, 0.25) is 0 Å². The third-order valence-electron chi connectivity index (χ3n) is 3.81. The van der Waals surface area contributed by atoms with Gasteiger partial charge in [0, 0.05) is 24.6 Å². The maximum Gasteiger partial charge on any atom is 0.405 e. The minimum absolute atomic E-state index is 0.0908. The average molecular weight is 326 g/mol. The number of fused-ring (bicyclic) bond motifs is 1. The number of rotatable bonds is 2. The summed E-state index contributed by atoms with van der Waals surface area (Å²) in [5.41, 5.74) is 1.10. The number of hydrogen-bond acceptors (Lipinski definition) is 4. The summed E-state index contributed by atoms with van der Waals surface area (Å²) in [7, 11) is 0. The Morgan fingerprint density at radius 1 is 1.30 bits per heavy atom. The summed E-state index contributed by atoms with van der Waals surface area (Å²) in [5.74, 6) is -0.116. The number of hydrogen-bond donors (Lipinski definition) is 0. The van der Waals surface area contributed by atoms with Crippen molar-refractivity contribution in [3.8, 4) is 0 Å². The van der Waals surface area contributed by atoms with Gasteiger partial charge in [-0.05, 0) is 32.1 Å². The lowest BCUT2D eigenvalue weighted by Crippen LogP contribution is -2.49. The number of hydrazine groups is 1. The summed E-state index contributed by atoms with van der Waals surface area (Å²) in [6.07, 6.45) is 1.47. The van der Waals surface area contributed by atoms with Gasteiger partial charge in [-0.25, -0.2) is 9.38 Å². The van der Waals surface area contributed by atoms with E-state index in [4.69, 9.17) is 0 Å². The van der Waals surface area contributed by atoms with Gasteiger partial charge >= 0.3 is 6.18 Å². The van der Waals surface area contributed by atoms with Crippen molar-refractivity contribution in [1.29, 1.82) is 0 Å². The van der Waals surface area contributed by atoms with Crippen LogP contribution in [0.15, 0.2) is 47.1 Å². The Labute approximate surface area is 130 Å². The van der Waals surface area contributed by atoms with Crippen molar-refractivity contribution < 1.29 is 17.6 Å². The molecule has 0 aliphatic carbocycles. The van der Waals surface area contributed by atoms with Crippen molar-refractivity contribution >= 4 is 5.71 Å². The van der Waals surface area contributed by atoms with Crippen LogP contribution in [0.25, 0.3) is 0 Å². The van der Waals surface area contributed by atoms with Crippen LogP contribution in [0.3, 0.4) is 0 Å². The molecule has 122 valence electrons. The molecule has 0 bridgehead atoms. The first kappa shape index (κ1) is 15.7. The molecule has 0 spiro atoms. The minimum Gasteiger partial charge on any atom is -0.264 e. The predicted octanol–water partition coefficient (Wildman–Crippen LogP) is 3.25. The first-order valence-electron chi connectivity index (χ1n) is 6.99. The van der Waals surface area contributed by atoms with E-state index in [2.05, 4.69) is 9.98 Å². The number of nitrogens with zero attached hydrogens (tertiary/aromatic N) is 4. The Bertz CT molecular complexity index is 720. The van der Waals surface area contributed by atoms with Crippen molar-refractivity contribution in [3.63, 3.8) is 0 Å². The van der Waals surface area contributed by atoms with E-state index in [1.807, 2.05) is 0 Å². The van der Waals surface area contributed by atoms with Crippen LogP contribution in [0, 0.1) is 5.82 Å². The van der Waals surface area contributed by atoms with Crippen LogP contribution < -0.4 is 0 Å². The zero-order valence-corrected chi connectivity index (χ0v) is 12.5. The summed E-state index contributed by atoms with van der Waals surface area (Å²) in [4.78, 5) is 8.14. The van der Waals surface area contributed by atoms with Crippen LogP contribution in [0.4, 0.5) is 17.6 Å². The molecule has 1 atom stereocenters. The van der Waals surface area contributed by atoms with Gasteiger partial charge in [0.05, 0.1) is 11.3 Å². The van der Waals surface area contributed by atoms with E-state index < -0.39 is 18.0 Å². The van der Waals surface area contributed by atoms with E-state index >= 15 is 0 Å². The molecule has 1 aromatic rings. The fourth-order valence-corrected chi connectivity index (χ4v) is 2.57. The molecule has 0 amide bonds. The standard InChI is InChI=1S/C15H14F4N4/c1-9-7-13(11-8-20-5-3-12(11)16)21-14-4-6-22(23(9)14)10(2)15(17,18)19/h3-5,7-8,10H,6H2,1-2H3. The number of aliphatic imine (C=N–C) groups is 1. The molecule has 23 heavy (non-hydrogen) atoms. The molecule has 1 aromatic heterocycles. The number of allylic oxidation sites excluding steroid dienone is 2. The molecule has 0 N–H and O–H groups in total. The van der Waals surface area contributed by atoms with Gasteiger partial charge in [-0.15, -0.1) is 0 Å². The smallest absolute Gasteiger partial charge is 0.264 e. The second kappa shape index (κ2) is 5.45. The fraction of sp³-hybridized carbons (Fsp3) is 0.333. The Kier molecular flexibility index (Phi) is 3.71. The zero-order valence-electron chi connectivity index (χ0n) is 12.5. The van der Waals surface area contributed by atoms with Crippen LogP contribution in [0.2, 0.25) is 0 Å². The summed E-state index contributed by atoms with van der Waals surface area (Å²) < 4.78 is 52.8. The molecule has 3 rings (SSSR count). The number of halogens is 4. The van der Waals surface area contributed by atoms with Crippen LogP contribution in [-0.2, 0) is 0 Å². The molecule has 0 saturated heterocycles. The lowest BCUT2D eigenvalue weighted by molar-refractivity contribution is -0.201. The van der Waals surface area contributed by atoms with E-state index in [1.165, 1.54) is 28.5 Å². The molecular weight excluding hydrogens is 312 g/mol. The summed E-state index contributed by atoms with van der Waals surface area (Å²) in [5, 5.41) is 2.59. The second-order valence-corrected chi connectivity index (χ2v) is 5.35. The number of pyridine rings is 1. The lowest BCUT2D eigenvalue weighted by Gasteiger charge is -2.38. The molecule has 4 nitrogen and oxygen atoms in total. The van der Waals surface area contributed by atoms with E-state index in [1.54, 1.807) is 19.1 Å². The monoisotopic (exact) mass is 326 g/mol. The lowest BCUT2D eigenvalue weighted by atomic mass is 10.1. The highest BCUT2D eigenvalue weighted by Crippen LogP contribution is 2.34. The minimum atomic E-state index is -4.34. The fourth-order valence-electron chi connectivity index (χ4n) is 2.57. The zero-order chi connectivity index (χ0) is 16.8. The largest absolute Gasteiger partial charge is 0.405 e. The van der Waals surface area contributed by atoms with E-state index in [9.17, 15) is 17.6 Å². The van der Waals surface area contributed by atoms with Gasteiger partial charge < -0.3 is 0 Å². The van der Waals surface area contributed by atoms with Gasteiger partial charge in [-0.3, -0.25) is 9.99 Å². The Morgan fingerprint density at radius 2 is 2.04 bits per heavy atom. The van der Waals surface area contributed by atoms with Gasteiger partial charge in [0.15, 0.2) is 0 Å². The third kappa shape index (κ3) is 2.74. The van der Waals surface area contributed by atoms with E-state index in [0.717, 1.165) is 6.92 Å². The molecule has 3 heterocycles. The first-order chi connectivity index (χ1) is 10.8. The molecule has 8 heteroatoms. The quantitative estimate of drug-likeness (QED) is 0.782. The maximum atomic E-state index is 13.9. The van der Waals surface area contributed by atoms with Gasteiger partial charge in [0.25, 0.3) is 0 Å². The molecule has 2 aliphatic rings. The summed E-state index contributed by atoms with van der Waals surface area (Å²) in [6.45, 7) is 2.86. The first-order valence-corrected chi connectivity index (χ1v) is 6.99. The van der Waals surface area contributed by atoms with Crippen LogP contribution in [-0.4, -0.2) is 39.5 Å². The Hall–Kier alpha value is -2.22. The van der Waals surface area contributed by atoms with E-state index in [0.29, 0.717) is 17.2 Å². The van der Waals surface area contributed by atoms with Crippen molar-refractivity contribution in [2.45, 2.75) is 26.1 Å². The van der Waals surface area contributed by atoms with Gasteiger partial charge in [-0.2, -0.15) is 18.2 Å². The van der Waals surface area contributed by atoms with Crippen molar-refractivity contribution in [2.75, 3.05) is 6.54 Å². The van der Waals surface area contributed by atoms with Gasteiger partial charge in [-0.1, -0.05) is 0 Å². The van der Waals surface area contributed by atoms with E-state index in [-0.39, 0.29) is 12.1 Å². The second-order valence-electron chi connectivity index (χ2n) is 5.35. The molecule has 0 aromatic carbocycles. The van der Waals surface area contributed by atoms with Crippen LogP contribution >= 0.6 is 0 Å². The normalized spacial score (nSPS) is 19.9. The summed E-state index contributed by atoms with van der Waals surface area (Å²) in [6, 6.07) is -0.430. The SMILES string of the molecule is CC1=CC(c2cnccc2F)=NC2=CCN(C(C)C(F)(F)F)N12. The highest BCUT2D eigenvalue weighted by molar-refractivity contribution is 6.10. The summed E-state index contributed by atoms with van der Waals surface area (Å²) >= 11 is 0. The van der Waals surface area contributed by atoms with Crippen LogP contribution in [0.1, 0.15) is 19.4 Å². The number of alkyl halides is 3. The molecular formula is C15H14F4N4. The third-order valence-corrected chi connectivity index (χ3v) is 3.81. The van der Waals surface area contributed by atoms with Crippen molar-refractivity contribution in [3.05, 3.63) is 53.5 Å². The Balaban J connectivity index is 1.93. The Morgan fingerprint density at radius 3 is 2.70 bits per heavy atom. The maximum absolute atomic E-state index is 13.9. The topological polar surface area (TPSA) is 31.7 Å². The van der Waals surface area contributed by atoms with Crippen LogP contribution in [0.5, 0.6) is 0 Å².